The lowest BCUT2D eigenvalue weighted by molar-refractivity contribution is 0.295. The molecule has 1 heterocycles. The Labute approximate surface area is 88.5 Å². The van der Waals surface area contributed by atoms with Gasteiger partial charge >= 0.3 is 0 Å². The summed E-state index contributed by atoms with van der Waals surface area (Å²) >= 11 is 0. The summed E-state index contributed by atoms with van der Waals surface area (Å²) in [4.78, 5) is 4.86. The van der Waals surface area contributed by atoms with Crippen LogP contribution in [0.5, 0.6) is 0 Å². The third-order valence-corrected chi connectivity index (χ3v) is 3.15. The maximum absolute atomic E-state index is 3.63. The van der Waals surface area contributed by atoms with Gasteiger partial charge in [0.15, 0.2) is 0 Å². The van der Waals surface area contributed by atoms with Crippen molar-refractivity contribution < 1.29 is 0 Å². The van der Waals surface area contributed by atoms with Crippen molar-refractivity contribution in [3.63, 3.8) is 0 Å². The van der Waals surface area contributed by atoms with Gasteiger partial charge in [0, 0.05) is 25.7 Å². The van der Waals surface area contributed by atoms with E-state index in [4.69, 9.17) is 0 Å². The molecule has 1 rings (SSSR count). The molecule has 1 fully saturated rings. The molecular formula is C11H25N3. The average Bonchev–Trinajstić information content (AvgIpc) is 2.59. The predicted octanol–water partition coefficient (Wildman–Crippen LogP) is 0.622. The van der Waals surface area contributed by atoms with Crippen LogP contribution in [0.1, 0.15) is 20.3 Å². The Hall–Kier alpha value is -0.120. The smallest absolute Gasteiger partial charge is 0.0207 e. The van der Waals surface area contributed by atoms with Gasteiger partial charge in [0.1, 0.15) is 0 Å². The number of rotatable bonds is 6. The van der Waals surface area contributed by atoms with E-state index in [-0.39, 0.29) is 0 Å². The molecule has 0 spiro atoms. The first-order chi connectivity index (χ1) is 6.76. The summed E-state index contributed by atoms with van der Waals surface area (Å²) in [7, 11) is 2.20. The first-order valence-electron chi connectivity index (χ1n) is 5.90. The molecule has 0 saturated carbocycles. The van der Waals surface area contributed by atoms with Gasteiger partial charge in [-0.1, -0.05) is 13.8 Å². The van der Waals surface area contributed by atoms with Gasteiger partial charge in [-0.15, -0.1) is 0 Å². The number of hydrogen-bond acceptors (Lipinski definition) is 3. The van der Waals surface area contributed by atoms with Crippen molar-refractivity contribution in [2.45, 2.75) is 26.3 Å². The highest BCUT2D eigenvalue weighted by atomic mass is 15.2. The molecule has 1 unspecified atom stereocenters. The van der Waals surface area contributed by atoms with Crippen LogP contribution in [-0.4, -0.2) is 62.2 Å². The SMILES string of the molecule is CCN(CC)CCNC1CCN(C)C1. The van der Waals surface area contributed by atoms with Crippen LogP contribution in [-0.2, 0) is 0 Å². The molecule has 0 aromatic rings. The summed E-state index contributed by atoms with van der Waals surface area (Å²) in [5, 5.41) is 3.63. The second-order valence-electron chi connectivity index (χ2n) is 4.23. The molecule has 1 N–H and O–H groups in total. The van der Waals surface area contributed by atoms with Gasteiger partial charge in [-0.2, -0.15) is 0 Å². The van der Waals surface area contributed by atoms with Crippen LogP contribution in [0.3, 0.4) is 0 Å². The zero-order valence-electron chi connectivity index (χ0n) is 9.92. The molecule has 3 nitrogen and oxygen atoms in total. The molecule has 0 aromatic heterocycles. The van der Waals surface area contributed by atoms with Crippen molar-refractivity contribution >= 4 is 0 Å². The van der Waals surface area contributed by atoms with E-state index in [1.54, 1.807) is 0 Å². The third kappa shape index (κ3) is 3.95. The van der Waals surface area contributed by atoms with Crippen LogP contribution >= 0.6 is 0 Å². The predicted molar refractivity (Wildman–Crippen MR) is 61.7 cm³/mol. The minimum atomic E-state index is 0.732. The fraction of sp³-hybridized carbons (Fsp3) is 1.00. The molecule has 0 aromatic carbocycles. The Morgan fingerprint density at radius 2 is 2.07 bits per heavy atom. The molecule has 1 aliphatic rings. The number of likely N-dealkylation sites (tertiary alicyclic amines) is 1. The number of likely N-dealkylation sites (N-methyl/N-ethyl adjacent to an activating group) is 2. The highest BCUT2D eigenvalue weighted by Gasteiger charge is 2.18. The molecule has 1 atom stereocenters. The highest BCUT2D eigenvalue weighted by Crippen LogP contribution is 2.05. The number of nitrogens with one attached hydrogen (secondary N) is 1. The van der Waals surface area contributed by atoms with E-state index in [2.05, 4.69) is 36.0 Å². The minimum Gasteiger partial charge on any atom is -0.311 e. The zero-order valence-corrected chi connectivity index (χ0v) is 9.92. The van der Waals surface area contributed by atoms with Crippen molar-refractivity contribution in [1.29, 1.82) is 0 Å². The van der Waals surface area contributed by atoms with Gasteiger partial charge < -0.3 is 15.1 Å². The Balaban J connectivity index is 2.03. The summed E-state index contributed by atoms with van der Waals surface area (Å²) in [5.74, 6) is 0. The van der Waals surface area contributed by atoms with Crippen molar-refractivity contribution in [3.8, 4) is 0 Å². The van der Waals surface area contributed by atoms with Crippen LogP contribution in [0.2, 0.25) is 0 Å². The van der Waals surface area contributed by atoms with E-state index in [1.807, 2.05) is 0 Å². The molecule has 1 saturated heterocycles. The lowest BCUT2D eigenvalue weighted by Gasteiger charge is -2.20. The van der Waals surface area contributed by atoms with Crippen LogP contribution in [0.15, 0.2) is 0 Å². The average molecular weight is 199 g/mol. The Morgan fingerprint density at radius 1 is 1.36 bits per heavy atom. The van der Waals surface area contributed by atoms with Gasteiger partial charge in [0.25, 0.3) is 0 Å². The summed E-state index contributed by atoms with van der Waals surface area (Å²) in [6.45, 7) is 11.6. The summed E-state index contributed by atoms with van der Waals surface area (Å²) in [6.07, 6.45) is 1.31. The third-order valence-electron chi connectivity index (χ3n) is 3.15. The van der Waals surface area contributed by atoms with Crippen molar-refractivity contribution in [2.24, 2.45) is 0 Å². The fourth-order valence-electron chi connectivity index (χ4n) is 2.07. The van der Waals surface area contributed by atoms with E-state index < -0.39 is 0 Å². The normalized spacial score (nSPS) is 23.6. The van der Waals surface area contributed by atoms with Crippen LogP contribution in [0.4, 0.5) is 0 Å². The molecule has 0 aliphatic carbocycles. The van der Waals surface area contributed by atoms with Crippen LogP contribution in [0.25, 0.3) is 0 Å². The van der Waals surface area contributed by atoms with Crippen molar-refractivity contribution in [2.75, 3.05) is 46.3 Å². The van der Waals surface area contributed by atoms with Gasteiger partial charge in [-0.3, -0.25) is 0 Å². The first kappa shape index (κ1) is 12.0. The van der Waals surface area contributed by atoms with Crippen LogP contribution < -0.4 is 5.32 Å². The molecule has 0 bridgehead atoms. The van der Waals surface area contributed by atoms with Crippen molar-refractivity contribution in [1.82, 2.24) is 15.1 Å². The van der Waals surface area contributed by atoms with Gasteiger partial charge in [-0.25, -0.2) is 0 Å². The maximum Gasteiger partial charge on any atom is 0.0207 e. The van der Waals surface area contributed by atoms with Crippen LogP contribution in [0, 0.1) is 0 Å². The quantitative estimate of drug-likeness (QED) is 0.676. The Morgan fingerprint density at radius 3 is 2.57 bits per heavy atom. The number of hydrogen-bond donors (Lipinski definition) is 1. The van der Waals surface area contributed by atoms with E-state index in [0.717, 1.165) is 12.6 Å². The summed E-state index contributed by atoms with van der Waals surface area (Å²) in [6, 6.07) is 0.732. The zero-order chi connectivity index (χ0) is 10.4. The second kappa shape index (κ2) is 6.38. The minimum absolute atomic E-state index is 0.732. The van der Waals surface area contributed by atoms with E-state index in [0.29, 0.717) is 0 Å². The van der Waals surface area contributed by atoms with E-state index in [1.165, 1.54) is 39.1 Å². The standard InChI is InChI=1S/C11H25N3/c1-4-14(5-2)9-7-12-11-6-8-13(3)10-11/h11-12H,4-10H2,1-3H3. The largest absolute Gasteiger partial charge is 0.311 e. The summed E-state index contributed by atoms with van der Waals surface area (Å²) in [5.41, 5.74) is 0. The lowest BCUT2D eigenvalue weighted by Crippen LogP contribution is -2.38. The molecule has 84 valence electrons. The Bertz CT molecular complexity index is 145. The van der Waals surface area contributed by atoms with E-state index in [9.17, 15) is 0 Å². The molecule has 0 radical (unpaired) electrons. The Kier molecular flexibility index (Phi) is 5.45. The monoisotopic (exact) mass is 199 g/mol. The molecule has 3 heteroatoms. The maximum atomic E-state index is 3.63. The lowest BCUT2D eigenvalue weighted by atomic mass is 10.2. The van der Waals surface area contributed by atoms with Gasteiger partial charge in [0.05, 0.1) is 0 Å². The molecule has 0 amide bonds. The molecular weight excluding hydrogens is 174 g/mol. The fourth-order valence-corrected chi connectivity index (χ4v) is 2.07. The highest BCUT2D eigenvalue weighted by molar-refractivity contribution is 4.78. The first-order valence-corrected chi connectivity index (χ1v) is 5.90. The molecule has 1 aliphatic heterocycles. The second-order valence-corrected chi connectivity index (χ2v) is 4.23. The molecule has 14 heavy (non-hydrogen) atoms. The van der Waals surface area contributed by atoms with Gasteiger partial charge in [-0.05, 0) is 33.1 Å². The summed E-state index contributed by atoms with van der Waals surface area (Å²) < 4.78 is 0. The topological polar surface area (TPSA) is 18.5 Å². The van der Waals surface area contributed by atoms with Crippen molar-refractivity contribution in [3.05, 3.63) is 0 Å². The van der Waals surface area contributed by atoms with Gasteiger partial charge in [0.2, 0.25) is 0 Å². The van der Waals surface area contributed by atoms with E-state index >= 15 is 0 Å². The number of nitrogens with zero attached hydrogens (tertiary/aromatic N) is 2.